The van der Waals surface area contributed by atoms with Crippen molar-refractivity contribution in [1.29, 1.82) is 0 Å². The third-order valence-electron chi connectivity index (χ3n) is 4.93. The van der Waals surface area contributed by atoms with E-state index in [4.69, 9.17) is 11.5 Å². The number of nitrogens with two attached hydrogens (primary N) is 2. The molecule has 0 radical (unpaired) electrons. The molecule has 2 aliphatic rings. The van der Waals surface area contributed by atoms with E-state index < -0.39 is 0 Å². The van der Waals surface area contributed by atoms with Gasteiger partial charge in [0, 0.05) is 25.2 Å². The van der Waals surface area contributed by atoms with Gasteiger partial charge < -0.3 is 16.4 Å². The third-order valence-corrected chi connectivity index (χ3v) is 4.93. The fourth-order valence-corrected chi connectivity index (χ4v) is 3.42. The van der Waals surface area contributed by atoms with Gasteiger partial charge in [-0.3, -0.25) is 14.5 Å². The predicted molar refractivity (Wildman–Crippen MR) is 81.4 cm³/mol. The van der Waals surface area contributed by atoms with Gasteiger partial charge in [0.05, 0.1) is 12.5 Å². The number of carbonyl (C=O) groups is 2. The molecule has 6 heteroatoms. The number of primary amides is 1. The number of rotatable bonds is 4. The first-order valence-corrected chi connectivity index (χ1v) is 8.00. The van der Waals surface area contributed by atoms with Crippen LogP contribution in [0.25, 0.3) is 0 Å². The van der Waals surface area contributed by atoms with Gasteiger partial charge in [0.1, 0.15) is 0 Å². The molecule has 2 rings (SSSR count). The number of piperidine rings is 1. The summed E-state index contributed by atoms with van der Waals surface area (Å²) < 4.78 is 0. The van der Waals surface area contributed by atoms with E-state index in [-0.39, 0.29) is 17.7 Å². The van der Waals surface area contributed by atoms with Crippen LogP contribution in [-0.4, -0.2) is 60.4 Å². The van der Waals surface area contributed by atoms with Crippen molar-refractivity contribution in [3.05, 3.63) is 0 Å². The zero-order chi connectivity index (χ0) is 15.4. The first-order valence-electron chi connectivity index (χ1n) is 8.00. The van der Waals surface area contributed by atoms with Gasteiger partial charge in [0.15, 0.2) is 0 Å². The Morgan fingerprint density at radius 1 is 1.19 bits per heavy atom. The van der Waals surface area contributed by atoms with Crippen LogP contribution in [0.4, 0.5) is 0 Å². The molecule has 4 N–H and O–H groups in total. The van der Waals surface area contributed by atoms with Crippen molar-refractivity contribution in [2.24, 2.45) is 17.4 Å². The number of hydrogen-bond acceptors (Lipinski definition) is 4. The molecule has 6 nitrogen and oxygen atoms in total. The summed E-state index contributed by atoms with van der Waals surface area (Å²) in [5.74, 6) is -0.360. The molecule has 1 aliphatic heterocycles. The summed E-state index contributed by atoms with van der Waals surface area (Å²) in [6, 6.07) is 0.772. The lowest BCUT2D eigenvalue weighted by Crippen LogP contribution is -2.49. The van der Waals surface area contributed by atoms with Crippen LogP contribution in [0.1, 0.15) is 38.5 Å². The van der Waals surface area contributed by atoms with Gasteiger partial charge in [-0.15, -0.1) is 0 Å². The molecule has 120 valence electrons. The van der Waals surface area contributed by atoms with E-state index in [9.17, 15) is 9.59 Å². The molecule has 0 aromatic heterocycles. The molecular formula is C15H28N4O2. The largest absolute Gasteiger partial charge is 0.369 e. The monoisotopic (exact) mass is 296 g/mol. The second-order valence-electron chi connectivity index (χ2n) is 6.56. The van der Waals surface area contributed by atoms with E-state index in [0.29, 0.717) is 25.2 Å². The molecule has 1 saturated heterocycles. The molecular weight excluding hydrogens is 268 g/mol. The number of nitrogens with zero attached hydrogens (tertiary/aromatic N) is 2. The van der Waals surface area contributed by atoms with Crippen molar-refractivity contribution in [2.75, 3.05) is 26.7 Å². The fraction of sp³-hybridized carbons (Fsp3) is 0.867. The number of hydrogen-bond donors (Lipinski definition) is 2. The maximum atomic E-state index is 12.4. The Balaban J connectivity index is 1.81. The Hall–Kier alpha value is -1.14. The zero-order valence-electron chi connectivity index (χ0n) is 13.0. The van der Waals surface area contributed by atoms with Crippen molar-refractivity contribution < 1.29 is 9.59 Å². The molecule has 2 amide bonds. The van der Waals surface area contributed by atoms with Crippen LogP contribution in [0.2, 0.25) is 0 Å². The van der Waals surface area contributed by atoms with E-state index in [1.165, 1.54) is 0 Å². The van der Waals surface area contributed by atoms with Gasteiger partial charge in [-0.1, -0.05) is 0 Å². The second kappa shape index (κ2) is 7.22. The lowest BCUT2D eigenvalue weighted by Gasteiger charge is -2.36. The smallest absolute Gasteiger partial charge is 0.236 e. The summed E-state index contributed by atoms with van der Waals surface area (Å²) in [6.45, 7) is 1.65. The van der Waals surface area contributed by atoms with Crippen LogP contribution in [-0.2, 0) is 9.59 Å². The average Bonchev–Trinajstić information content (AvgIpc) is 2.48. The van der Waals surface area contributed by atoms with E-state index in [1.54, 1.807) is 4.90 Å². The molecule has 2 fully saturated rings. The van der Waals surface area contributed by atoms with Gasteiger partial charge in [-0.25, -0.2) is 0 Å². The third kappa shape index (κ3) is 4.41. The van der Waals surface area contributed by atoms with Crippen LogP contribution in [0, 0.1) is 5.92 Å². The van der Waals surface area contributed by atoms with E-state index in [0.717, 1.165) is 45.1 Å². The highest BCUT2D eigenvalue weighted by Gasteiger charge is 2.29. The Kier molecular flexibility index (Phi) is 5.58. The summed E-state index contributed by atoms with van der Waals surface area (Å²) in [7, 11) is 2.01. The maximum absolute atomic E-state index is 12.4. The van der Waals surface area contributed by atoms with Crippen LogP contribution in [0.3, 0.4) is 0 Å². The molecule has 1 atom stereocenters. The highest BCUT2D eigenvalue weighted by atomic mass is 16.2. The lowest BCUT2D eigenvalue weighted by atomic mass is 9.91. The van der Waals surface area contributed by atoms with E-state index >= 15 is 0 Å². The first kappa shape index (κ1) is 16.2. The Morgan fingerprint density at radius 2 is 1.86 bits per heavy atom. The van der Waals surface area contributed by atoms with E-state index in [1.807, 2.05) is 7.05 Å². The van der Waals surface area contributed by atoms with Crippen molar-refractivity contribution in [2.45, 2.75) is 50.6 Å². The number of amides is 2. The van der Waals surface area contributed by atoms with Crippen molar-refractivity contribution in [1.82, 2.24) is 9.80 Å². The summed E-state index contributed by atoms with van der Waals surface area (Å²) >= 11 is 0. The van der Waals surface area contributed by atoms with Crippen LogP contribution in [0.5, 0.6) is 0 Å². The molecule has 1 saturated carbocycles. The van der Waals surface area contributed by atoms with E-state index in [2.05, 4.69) is 4.90 Å². The van der Waals surface area contributed by atoms with Crippen LogP contribution >= 0.6 is 0 Å². The molecule has 1 aliphatic carbocycles. The lowest BCUT2D eigenvalue weighted by molar-refractivity contribution is -0.136. The molecule has 0 bridgehead atoms. The highest BCUT2D eigenvalue weighted by Crippen LogP contribution is 2.22. The van der Waals surface area contributed by atoms with Crippen molar-refractivity contribution in [3.63, 3.8) is 0 Å². The standard InChI is InChI=1S/C15H28N4O2/c1-18(13-6-4-12(16)5-7-13)10-14(20)19-8-2-3-11(9-19)15(17)21/h11-13H,2-10,16H2,1H3,(H2,17,21). The summed E-state index contributed by atoms with van der Waals surface area (Å²) in [5, 5.41) is 0. The van der Waals surface area contributed by atoms with Gasteiger partial charge in [-0.05, 0) is 45.6 Å². The van der Waals surface area contributed by atoms with Crippen LogP contribution < -0.4 is 11.5 Å². The normalized spacial score (nSPS) is 30.4. The van der Waals surface area contributed by atoms with Gasteiger partial charge in [0.2, 0.25) is 11.8 Å². The van der Waals surface area contributed by atoms with Gasteiger partial charge in [-0.2, -0.15) is 0 Å². The average molecular weight is 296 g/mol. The number of likely N-dealkylation sites (tertiary alicyclic amines) is 1. The maximum Gasteiger partial charge on any atom is 0.236 e. The van der Waals surface area contributed by atoms with Crippen molar-refractivity contribution in [3.8, 4) is 0 Å². The highest BCUT2D eigenvalue weighted by molar-refractivity contribution is 5.81. The summed E-state index contributed by atoms with van der Waals surface area (Å²) in [6.07, 6.45) is 5.87. The molecule has 0 aromatic rings. The minimum Gasteiger partial charge on any atom is -0.369 e. The predicted octanol–water partition coefficient (Wildman–Crippen LogP) is -0.0880. The molecule has 0 spiro atoms. The minimum absolute atomic E-state index is 0.110. The topological polar surface area (TPSA) is 92.7 Å². The molecule has 1 heterocycles. The number of likely N-dealkylation sites (N-methyl/N-ethyl adjacent to an activating group) is 1. The quantitative estimate of drug-likeness (QED) is 0.758. The summed E-state index contributed by atoms with van der Waals surface area (Å²) in [5.41, 5.74) is 11.3. The Labute approximate surface area is 126 Å². The molecule has 21 heavy (non-hydrogen) atoms. The van der Waals surface area contributed by atoms with Gasteiger partial charge >= 0.3 is 0 Å². The Morgan fingerprint density at radius 3 is 2.48 bits per heavy atom. The zero-order valence-corrected chi connectivity index (χ0v) is 13.0. The second-order valence-corrected chi connectivity index (χ2v) is 6.56. The molecule has 1 unspecified atom stereocenters. The van der Waals surface area contributed by atoms with Gasteiger partial charge in [0.25, 0.3) is 0 Å². The minimum atomic E-state index is -0.290. The number of carbonyl (C=O) groups excluding carboxylic acids is 2. The fourth-order valence-electron chi connectivity index (χ4n) is 3.42. The van der Waals surface area contributed by atoms with Crippen LogP contribution in [0.15, 0.2) is 0 Å². The summed E-state index contributed by atoms with van der Waals surface area (Å²) in [4.78, 5) is 27.6. The Bertz CT molecular complexity index is 380. The van der Waals surface area contributed by atoms with Crippen molar-refractivity contribution >= 4 is 11.8 Å². The molecule has 0 aromatic carbocycles. The SMILES string of the molecule is CN(CC(=O)N1CCCC(C(N)=O)C1)C1CCC(N)CC1. The first-order chi connectivity index (χ1) is 9.97.